The van der Waals surface area contributed by atoms with E-state index >= 15 is 0 Å². The summed E-state index contributed by atoms with van der Waals surface area (Å²) in [6.45, 7) is 2.39. The van der Waals surface area contributed by atoms with Gasteiger partial charge in [0.2, 0.25) is 5.88 Å². The highest BCUT2D eigenvalue weighted by Gasteiger charge is 2.24. The second-order valence-electron chi connectivity index (χ2n) is 6.03. The molecule has 0 atom stereocenters. The van der Waals surface area contributed by atoms with E-state index in [0.29, 0.717) is 23.4 Å². The highest BCUT2D eigenvalue weighted by atomic mass is 16.5. The van der Waals surface area contributed by atoms with E-state index in [2.05, 4.69) is 10.5 Å². The van der Waals surface area contributed by atoms with Crippen LogP contribution in [0, 0.1) is 6.92 Å². The molecular formula is C20H17N3O3. The Kier molecular flexibility index (Phi) is 3.93. The van der Waals surface area contributed by atoms with Gasteiger partial charge in [-0.25, -0.2) is 0 Å². The normalized spacial score (nSPS) is 11.0. The summed E-state index contributed by atoms with van der Waals surface area (Å²) in [4.78, 5) is 12.7. The Morgan fingerprint density at radius 1 is 1.15 bits per heavy atom. The first-order chi connectivity index (χ1) is 12.6. The zero-order valence-electron chi connectivity index (χ0n) is 14.2. The number of carbonyl (C=O) groups excluding carboxylic acids is 1. The molecule has 0 unspecified atom stereocenters. The molecule has 0 fully saturated rings. The molecule has 0 aliphatic heterocycles. The Morgan fingerprint density at radius 3 is 2.77 bits per heavy atom. The van der Waals surface area contributed by atoms with E-state index in [9.17, 15) is 4.79 Å². The molecule has 0 saturated carbocycles. The summed E-state index contributed by atoms with van der Waals surface area (Å²) in [5, 5.41) is 7.71. The van der Waals surface area contributed by atoms with Gasteiger partial charge in [-0.3, -0.25) is 4.79 Å². The molecule has 6 heteroatoms. The fraction of sp³-hybridized carbons (Fsp3) is 0.100. The summed E-state index contributed by atoms with van der Waals surface area (Å²) in [5.74, 6) is -0.361. The third-order valence-electron chi connectivity index (χ3n) is 4.38. The molecule has 2 aromatic heterocycles. The molecule has 0 aliphatic rings. The lowest BCUT2D eigenvalue weighted by Crippen LogP contribution is -2.24. The first kappa shape index (κ1) is 16.0. The number of para-hydroxylation sites is 1. The van der Waals surface area contributed by atoms with Gasteiger partial charge in [0.15, 0.2) is 0 Å². The molecule has 130 valence electrons. The van der Waals surface area contributed by atoms with E-state index in [-0.39, 0.29) is 17.4 Å². The van der Waals surface area contributed by atoms with Crippen molar-refractivity contribution < 1.29 is 13.7 Å². The Hall–Kier alpha value is -3.54. The van der Waals surface area contributed by atoms with E-state index in [4.69, 9.17) is 14.7 Å². The van der Waals surface area contributed by atoms with Gasteiger partial charge in [0, 0.05) is 11.9 Å². The number of benzene rings is 2. The predicted octanol–water partition coefficient (Wildman–Crippen LogP) is 3.91. The number of amides is 1. The van der Waals surface area contributed by atoms with Crippen molar-refractivity contribution in [1.82, 2.24) is 10.5 Å². The summed E-state index contributed by atoms with van der Waals surface area (Å²) < 4.78 is 10.6. The largest absolute Gasteiger partial charge is 0.464 e. The van der Waals surface area contributed by atoms with Crippen molar-refractivity contribution in [2.24, 2.45) is 0 Å². The molecule has 4 aromatic rings. The number of fused-ring (bicyclic) bond motifs is 1. The first-order valence-electron chi connectivity index (χ1n) is 8.19. The zero-order chi connectivity index (χ0) is 18.1. The molecule has 2 heterocycles. The topological polar surface area (TPSA) is 94.3 Å². The number of rotatable bonds is 4. The standard InChI is InChI=1S/C20H17N3O3/c1-12-6-2-3-7-13(12)10-22-20(24)17-18(23-26-19(17)21)15-11-25-16-9-5-4-8-14(15)16/h2-9,11H,10,21H2,1H3,(H,22,24). The lowest BCUT2D eigenvalue weighted by molar-refractivity contribution is 0.0952. The fourth-order valence-corrected chi connectivity index (χ4v) is 2.94. The van der Waals surface area contributed by atoms with E-state index in [1.807, 2.05) is 55.5 Å². The minimum atomic E-state index is -0.340. The average Bonchev–Trinajstić information content (AvgIpc) is 3.24. The second kappa shape index (κ2) is 6.40. The summed E-state index contributed by atoms with van der Waals surface area (Å²) in [6, 6.07) is 15.4. The van der Waals surface area contributed by atoms with Gasteiger partial charge in [0.05, 0.1) is 5.56 Å². The maximum atomic E-state index is 12.7. The molecule has 3 N–H and O–H groups in total. The van der Waals surface area contributed by atoms with Gasteiger partial charge in [-0.1, -0.05) is 47.6 Å². The number of hydrogen-bond donors (Lipinski definition) is 2. The van der Waals surface area contributed by atoms with Crippen LogP contribution in [-0.2, 0) is 6.54 Å². The smallest absolute Gasteiger partial charge is 0.259 e. The highest BCUT2D eigenvalue weighted by Crippen LogP contribution is 2.34. The quantitative estimate of drug-likeness (QED) is 0.584. The van der Waals surface area contributed by atoms with Crippen molar-refractivity contribution in [3.05, 3.63) is 71.5 Å². The number of anilines is 1. The Balaban J connectivity index is 1.66. The third kappa shape index (κ3) is 2.71. The molecule has 0 bridgehead atoms. The van der Waals surface area contributed by atoms with E-state index in [0.717, 1.165) is 16.5 Å². The van der Waals surface area contributed by atoms with Crippen LogP contribution >= 0.6 is 0 Å². The molecule has 1 amide bonds. The van der Waals surface area contributed by atoms with Gasteiger partial charge in [-0.2, -0.15) is 0 Å². The SMILES string of the molecule is Cc1ccccc1CNC(=O)c1c(-c2coc3ccccc23)noc1N. The molecule has 0 saturated heterocycles. The summed E-state index contributed by atoms with van der Waals surface area (Å²) >= 11 is 0. The lowest BCUT2D eigenvalue weighted by atomic mass is 10.1. The minimum absolute atomic E-state index is 0.0208. The molecule has 4 rings (SSSR count). The highest BCUT2D eigenvalue weighted by molar-refractivity contribution is 6.06. The molecule has 0 spiro atoms. The van der Waals surface area contributed by atoms with Crippen molar-refractivity contribution in [2.75, 3.05) is 5.73 Å². The maximum Gasteiger partial charge on any atom is 0.259 e. The van der Waals surface area contributed by atoms with Crippen LogP contribution in [0.1, 0.15) is 21.5 Å². The Bertz CT molecular complexity index is 1090. The zero-order valence-corrected chi connectivity index (χ0v) is 14.2. The summed E-state index contributed by atoms with van der Waals surface area (Å²) in [6.07, 6.45) is 1.56. The number of aromatic nitrogens is 1. The number of nitrogens with zero attached hydrogens (tertiary/aromatic N) is 1. The lowest BCUT2D eigenvalue weighted by Gasteiger charge is -2.07. The van der Waals surface area contributed by atoms with Gasteiger partial charge in [-0.05, 0) is 24.1 Å². The van der Waals surface area contributed by atoms with Crippen LogP contribution in [0.25, 0.3) is 22.2 Å². The minimum Gasteiger partial charge on any atom is -0.464 e. The average molecular weight is 347 g/mol. The van der Waals surface area contributed by atoms with Crippen molar-refractivity contribution in [2.45, 2.75) is 13.5 Å². The molecule has 6 nitrogen and oxygen atoms in total. The number of carbonyl (C=O) groups is 1. The van der Waals surface area contributed by atoms with E-state index in [1.165, 1.54) is 0 Å². The third-order valence-corrected chi connectivity index (χ3v) is 4.38. The van der Waals surface area contributed by atoms with Crippen molar-refractivity contribution in [3.8, 4) is 11.3 Å². The van der Waals surface area contributed by atoms with Crippen LogP contribution in [0.15, 0.2) is 63.7 Å². The van der Waals surface area contributed by atoms with Crippen LogP contribution in [-0.4, -0.2) is 11.1 Å². The second-order valence-corrected chi connectivity index (χ2v) is 6.03. The van der Waals surface area contributed by atoms with Crippen LogP contribution in [0.3, 0.4) is 0 Å². The summed E-state index contributed by atoms with van der Waals surface area (Å²) in [7, 11) is 0. The van der Waals surface area contributed by atoms with Gasteiger partial charge in [0.1, 0.15) is 23.1 Å². The van der Waals surface area contributed by atoms with Gasteiger partial charge in [-0.15, -0.1) is 0 Å². The summed E-state index contributed by atoms with van der Waals surface area (Å²) in [5.41, 5.74) is 9.96. The van der Waals surface area contributed by atoms with Crippen LogP contribution < -0.4 is 11.1 Å². The number of nitrogen functional groups attached to an aromatic ring is 1. The maximum absolute atomic E-state index is 12.7. The monoisotopic (exact) mass is 347 g/mol. The molecular weight excluding hydrogens is 330 g/mol. The Morgan fingerprint density at radius 2 is 1.92 bits per heavy atom. The van der Waals surface area contributed by atoms with Crippen LogP contribution in [0.4, 0.5) is 5.88 Å². The number of nitrogens with two attached hydrogens (primary N) is 1. The number of hydrogen-bond acceptors (Lipinski definition) is 5. The number of aryl methyl sites for hydroxylation is 1. The number of furan rings is 1. The molecule has 0 aliphatic carbocycles. The van der Waals surface area contributed by atoms with Crippen molar-refractivity contribution in [3.63, 3.8) is 0 Å². The van der Waals surface area contributed by atoms with Gasteiger partial charge < -0.3 is 20.0 Å². The van der Waals surface area contributed by atoms with Crippen molar-refractivity contribution >= 4 is 22.8 Å². The fourth-order valence-electron chi connectivity index (χ4n) is 2.94. The van der Waals surface area contributed by atoms with Gasteiger partial charge in [0.25, 0.3) is 5.91 Å². The molecule has 2 aromatic carbocycles. The van der Waals surface area contributed by atoms with Crippen LogP contribution in [0.5, 0.6) is 0 Å². The predicted molar refractivity (Wildman–Crippen MR) is 98.5 cm³/mol. The van der Waals surface area contributed by atoms with Gasteiger partial charge >= 0.3 is 0 Å². The number of nitrogens with one attached hydrogen (secondary N) is 1. The van der Waals surface area contributed by atoms with E-state index < -0.39 is 0 Å². The molecule has 26 heavy (non-hydrogen) atoms. The van der Waals surface area contributed by atoms with Crippen LogP contribution in [0.2, 0.25) is 0 Å². The first-order valence-corrected chi connectivity index (χ1v) is 8.19. The Labute approximate surface area is 149 Å². The van der Waals surface area contributed by atoms with Crippen molar-refractivity contribution in [1.29, 1.82) is 0 Å². The molecule has 0 radical (unpaired) electrons. The van der Waals surface area contributed by atoms with E-state index in [1.54, 1.807) is 6.26 Å².